The summed E-state index contributed by atoms with van der Waals surface area (Å²) >= 11 is 0. The largest absolute Gasteiger partial charge is 0.454 e. The molecule has 1 aromatic heterocycles. The summed E-state index contributed by atoms with van der Waals surface area (Å²) in [5.74, 6) is 1.45. The Morgan fingerprint density at radius 2 is 1.79 bits per heavy atom. The van der Waals surface area contributed by atoms with Crippen LogP contribution in [0.25, 0.3) is 16.6 Å². The SMILES string of the molecule is Cc1ccc(-n2c(C(C)N(C)C(=O)c3ccc4c(c3)OCO4)nc3ccccc3c2=O)c(C)c1. The number of amides is 1. The molecule has 1 unspecified atom stereocenters. The number of carbonyl (C=O) groups is 1. The zero-order chi connectivity index (χ0) is 24.0. The molecule has 0 N–H and O–H groups in total. The first-order chi connectivity index (χ1) is 16.3. The van der Waals surface area contributed by atoms with Gasteiger partial charge in [0.1, 0.15) is 5.82 Å². The number of benzene rings is 3. The van der Waals surface area contributed by atoms with Crippen molar-refractivity contribution in [1.82, 2.24) is 14.5 Å². The van der Waals surface area contributed by atoms with Crippen LogP contribution in [0.1, 0.15) is 40.3 Å². The Hall–Kier alpha value is -4.13. The Bertz CT molecular complexity index is 1490. The first kappa shape index (κ1) is 21.7. The molecule has 172 valence electrons. The van der Waals surface area contributed by atoms with Crippen molar-refractivity contribution in [2.75, 3.05) is 13.8 Å². The van der Waals surface area contributed by atoms with E-state index in [4.69, 9.17) is 14.5 Å². The maximum absolute atomic E-state index is 13.7. The Labute approximate surface area is 197 Å². The van der Waals surface area contributed by atoms with Gasteiger partial charge in [-0.25, -0.2) is 4.98 Å². The molecule has 3 aromatic carbocycles. The number of nitrogens with zero attached hydrogens (tertiary/aromatic N) is 3. The average Bonchev–Trinajstić information content (AvgIpc) is 3.31. The van der Waals surface area contributed by atoms with Crippen LogP contribution >= 0.6 is 0 Å². The molecule has 1 aliphatic rings. The lowest BCUT2D eigenvalue weighted by Crippen LogP contribution is -2.35. The highest BCUT2D eigenvalue weighted by atomic mass is 16.7. The maximum Gasteiger partial charge on any atom is 0.266 e. The standard InChI is InChI=1S/C27H25N3O4/c1-16-9-11-22(17(2)13-16)30-25(28-21-8-6-5-7-20(21)27(30)32)18(3)29(4)26(31)19-10-12-23-24(14-19)34-15-33-23/h5-14,18H,15H2,1-4H3. The van der Waals surface area contributed by atoms with Crippen LogP contribution in [0.3, 0.4) is 0 Å². The summed E-state index contributed by atoms with van der Waals surface area (Å²) in [7, 11) is 1.71. The van der Waals surface area contributed by atoms with Crippen LogP contribution in [-0.2, 0) is 0 Å². The van der Waals surface area contributed by atoms with Crippen LogP contribution in [0.15, 0.2) is 65.5 Å². The van der Waals surface area contributed by atoms with Crippen molar-refractivity contribution in [3.63, 3.8) is 0 Å². The number of hydrogen-bond acceptors (Lipinski definition) is 5. The van der Waals surface area contributed by atoms with Crippen molar-refractivity contribution in [3.05, 3.63) is 93.5 Å². The van der Waals surface area contributed by atoms with Crippen LogP contribution < -0.4 is 15.0 Å². The lowest BCUT2D eigenvalue weighted by Gasteiger charge is -2.27. The normalized spacial score (nSPS) is 13.2. The van der Waals surface area contributed by atoms with E-state index in [2.05, 4.69) is 0 Å². The fraction of sp³-hybridized carbons (Fsp3) is 0.222. The molecule has 7 heteroatoms. The number of aryl methyl sites for hydroxylation is 2. The predicted octanol–water partition coefficient (Wildman–Crippen LogP) is 4.56. The molecule has 0 saturated heterocycles. The fourth-order valence-electron chi connectivity index (χ4n) is 4.30. The Morgan fingerprint density at radius 1 is 1.03 bits per heavy atom. The zero-order valence-electron chi connectivity index (χ0n) is 19.5. The monoisotopic (exact) mass is 455 g/mol. The van der Waals surface area contributed by atoms with Gasteiger partial charge in [-0.15, -0.1) is 0 Å². The molecule has 0 bridgehead atoms. The van der Waals surface area contributed by atoms with Gasteiger partial charge in [0.05, 0.1) is 22.6 Å². The molecule has 7 nitrogen and oxygen atoms in total. The lowest BCUT2D eigenvalue weighted by atomic mass is 10.1. The first-order valence-corrected chi connectivity index (χ1v) is 11.1. The van der Waals surface area contributed by atoms with Gasteiger partial charge in [-0.3, -0.25) is 14.2 Å². The molecular formula is C27H25N3O4. The van der Waals surface area contributed by atoms with E-state index in [1.165, 1.54) is 0 Å². The van der Waals surface area contributed by atoms with E-state index < -0.39 is 6.04 Å². The average molecular weight is 456 g/mol. The molecule has 4 aromatic rings. The van der Waals surface area contributed by atoms with Gasteiger partial charge in [0.15, 0.2) is 11.5 Å². The van der Waals surface area contributed by atoms with Crippen molar-refractivity contribution >= 4 is 16.8 Å². The second-order valence-electron chi connectivity index (χ2n) is 8.58. The van der Waals surface area contributed by atoms with Crippen molar-refractivity contribution in [2.45, 2.75) is 26.8 Å². The number of ether oxygens (including phenoxy) is 2. The highest BCUT2D eigenvalue weighted by Crippen LogP contribution is 2.33. The van der Waals surface area contributed by atoms with Gasteiger partial charge in [-0.1, -0.05) is 29.8 Å². The molecule has 5 rings (SSSR count). The van der Waals surface area contributed by atoms with Crippen LogP contribution in [-0.4, -0.2) is 34.2 Å². The van der Waals surface area contributed by atoms with E-state index in [-0.39, 0.29) is 18.3 Å². The second kappa shape index (κ2) is 8.33. The van der Waals surface area contributed by atoms with Gasteiger partial charge in [0, 0.05) is 12.6 Å². The number of carbonyl (C=O) groups excluding carboxylic acids is 1. The van der Waals surface area contributed by atoms with Crippen molar-refractivity contribution in [3.8, 4) is 17.2 Å². The molecule has 1 aliphatic heterocycles. The van der Waals surface area contributed by atoms with E-state index in [0.29, 0.717) is 33.8 Å². The molecule has 2 heterocycles. The van der Waals surface area contributed by atoms with Crippen LogP contribution in [0.5, 0.6) is 11.5 Å². The Morgan fingerprint density at radius 3 is 2.59 bits per heavy atom. The third kappa shape index (κ3) is 3.59. The Kier molecular flexibility index (Phi) is 5.32. The minimum atomic E-state index is -0.490. The van der Waals surface area contributed by atoms with Gasteiger partial charge in [-0.05, 0) is 62.7 Å². The molecule has 1 amide bonds. The summed E-state index contributed by atoms with van der Waals surface area (Å²) in [4.78, 5) is 33.5. The van der Waals surface area contributed by atoms with Crippen LogP contribution in [0.2, 0.25) is 0 Å². The van der Waals surface area contributed by atoms with Gasteiger partial charge in [0.2, 0.25) is 6.79 Å². The quantitative estimate of drug-likeness (QED) is 0.451. The molecular weight excluding hydrogens is 430 g/mol. The van der Waals surface area contributed by atoms with Crippen molar-refractivity contribution in [2.24, 2.45) is 0 Å². The van der Waals surface area contributed by atoms with E-state index >= 15 is 0 Å². The highest BCUT2D eigenvalue weighted by Gasteiger charge is 2.26. The minimum absolute atomic E-state index is 0.141. The molecule has 0 spiro atoms. The van der Waals surface area contributed by atoms with Crippen LogP contribution in [0, 0.1) is 13.8 Å². The third-order valence-electron chi connectivity index (χ3n) is 6.29. The van der Waals surface area contributed by atoms with Gasteiger partial charge in [-0.2, -0.15) is 0 Å². The summed E-state index contributed by atoms with van der Waals surface area (Å²) < 4.78 is 12.4. The van der Waals surface area contributed by atoms with Crippen LogP contribution in [0.4, 0.5) is 0 Å². The number of fused-ring (bicyclic) bond motifs is 2. The second-order valence-corrected chi connectivity index (χ2v) is 8.58. The third-order valence-corrected chi connectivity index (χ3v) is 6.29. The molecule has 0 radical (unpaired) electrons. The zero-order valence-corrected chi connectivity index (χ0v) is 19.5. The van der Waals surface area contributed by atoms with E-state index in [9.17, 15) is 9.59 Å². The Balaban J connectivity index is 1.63. The highest BCUT2D eigenvalue weighted by molar-refractivity contribution is 5.95. The maximum atomic E-state index is 13.7. The molecule has 0 fully saturated rings. The number of para-hydroxylation sites is 1. The summed E-state index contributed by atoms with van der Waals surface area (Å²) in [6, 6.07) is 17.8. The molecule has 1 atom stereocenters. The topological polar surface area (TPSA) is 73.7 Å². The molecule has 0 saturated carbocycles. The molecule has 34 heavy (non-hydrogen) atoms. The lowest BCUT2D eigenvalue weighted by molar-refractivity contribution is 0.0734. The predicted molar refractivity (Wildman–Crippen MR) is 130 cm³/mol. The van der Waals surface area contributed by atoms with Gasteiger partial charge in [0.25, 0.3) is 11.5 Å². The van der Waals surface area contributed by atoms with Gasteiger partial charge < -0.3 is 14.4 Å². The van der Waals surface area contributed by atoms with E-state index in [0.717, 1.165) is 16.8 Å². The van der Waals surface area contributed by atoms with E-state index in [1.807, 2.05) is 57.2 Å². The summed E-state index contributed by atoms with van der Waals surface area (Å²) in [6.07, 6.45) is 0. The number of aromatic nitrogens is 2. The first-order valence-electron chi connectivity index (χ1n) is 11.1. The summed E-state index contributed by atoms with van der Waals surface area (Å²) in [6.45, 7) is 6.00. The number of rotatable bonds is 4. The minimum Gasteiger partial charge on any atom is -0.454 e. The number of hydrogen-bond donors (Lipinski definition) is 0. The van der Waals surface area contributed by atoms with Gasteiger partial charge >= 0.3 is 0 Å². The van der Waals surface area contributed by atoms with Crippen molar-refractivity contribution in [1.29, 1.82) is 0 Å². The molecule has 0 aliphatic carbocycles. The smallest absolute Gasteiger partial charge is 0.266 e. The van der Waals surface area contributed by atoms with E-state index in [1.54, 1.807) is 40.8 Å². The summed E-state index contributed by atoms with van der Waals surface area (Å²) in [5, 5.41) is 0.531. The fourth-order valence-corrected chi connectivity index (χ4v) is 4.30. The summed E-state index contributed by atoms with van der Waals surface area (Å²) in [5.41, 5.74) is 3.71. The van der Waals surface area contributed by atoms with Crippen molar-refractivity contribution < 1.29 is 14.3 Å².